The van der Waals surface area contributed by atoms with E-state index in [1.54, 1.807) is 14.2 Å². The molecule has 1 heterocycles. The quantitative estimate of drug-likeness (QED) is 0.897. The van der Waals surface area contributed by atoms with Crippen LogP contribution in [0.15, 0.2) is 12.1 Å². The smallest absolute Gasteiger partial charge is 0.179 e. The van der Waals surface area contributed by atoms with Gasteiger partial charge in [0, 0.05) is 12.6 Å². The maximum absolute atomic E-state index is 6.42. The van der Waals surface area contributed by atoms with Crippen molar-refractivity contribution >= 4 is 24.0 Å². The Hall–Kier alpha value is -0.680. The van der Waals surface area contributed by atoms with Crippen LogP contribution in [0.5, 0.6) is 11.5 Å². The third-order valence-corrected chi connectivity index (χ3v) is 4.37. The molecule has 0 amide bonds. The summed E-state index contributed by atoms with van der Waals surface area (Å²) in [6, 6.07) is 4.58. The van der Waals surface area contributed by atoms with Crippen LogP contribution >= 0.6 is 24.0 Å². The van der Waals surface area contributed by atoms with Crippen molar-refractivity contribution in [2.24, 2.45) is 0 Å². The molecule has 21 heavy (non-hydrogen) atoms. The lowest BCUT2D eigenvalue weighted by molar-refractivity contribution is 0.194. The summed E-state index contributed by atoms with van der Waals surface area (Å²) in [6.07, 6.45) is 2.36. The van der Waals surface area contributed by atoms with E-state index in [4.69, 9.17) is 21.1 Å². The van der Waals surface area contributed by atoms with Crippen LogP contribution in [0.3, 0.4) is 0 Å². The van der Waals surface area contributed by atoms with Gasteiger partial charge in [-0.3, -0.25) is 4.90 Å². The molecule has 0 bridgehead atoms. The summed E-state index contributed by atoms with van der Waals surface area (Å²) in [5.41, 5.74) is 1.09. The number of hydrogen-bond donors (Lipinski definition) is 1. The summed E-state index contributed by atoms with van der Waals surface area (Å²) >= 11 is 6.42. The molecule has 0 unspecified atom stereocenters. The van der Waals surface area contributed by atoms with Gasteiger partial charge in [0.05, 0.1) is 19.2 Å². The van der Waals surface area contributed by atoms with Gasteiger partial charge in [-0.25, -0.2) is 0 Å². The van der Waals surface area contributed by atoms with Crippen LogP contribution in [0.4, 0.5) is 0 Å². The molecular weight excluding hydrogens is 311 g/mol. The highest BCUT2D eigenvalue weighted by molar-refractivity contribution is 6.33. The first-order chi connectivity index (χ1) is 9.69. The molecule has 0 spiro atoms. The van der Waals surface area contributed by atoms with Crippen LogP contribution in [0.1, 0.15) is 18.4 Å². The predicted molar refractivity (Wildman–Crippen MR) is 89.2 cm³/mol. The SMILES string of the molecule is CNC1CCN(Cc2ccc(OC)c(OC)c2Cl)CC1.Cl. The van der Waals surface area contributed by atoms with Crippen LogP contribution in [-0.4, -0.2) is 45.3 Å². The molecule has 0 atom stereocenters. The van der Waals surface area contributed by atoms with Crippen molar-refractivity contribution in [2.45, 2.75) is 25.4 Å². The van der Waals surface area contributed by atoms with E-state index in [0.29, 0.717) is 22.6 Å². The van der Waals surface area contributed by atoms with Gasteiger partial charge < -0.3 is 14.8 Å². The highest BCUT2D eigenvalue weighted by atomic mass is 35.5. The molecule has 6 heteroatoms. The molecule has 1 fully saturated rings. The van der Waals surface area contributed by atoms with Crippen LogP contribution in [0.25, 0.3) is 0 Å². The maximum atomic E-state index is 6.42. The summed E-state index contributed by atoms with van der Waals surface area (Å²) in [4.78, 5) is 2.43. The third-order valence-electron chi connectivity index (χ3n) is 3.95. The molecule has 1 saturated heterocycles. The van der Waals surface area contributed by atoms with Gasteiger partial charge in [0.1, 0.15) is 0 Å². The van der Waals surface area contributed by atoms with E-state index in [0.717, 1.165) is 25.2 Å². The molecule has 4 nitrogen and oxygen atoms in total. The monoisotopic (exact) mass is 334 g/mol. The number of benzene rings is 1. The number of hydrogen-bond acceptors (Lipinski definition) is 4. The van der Waals surface area contributed by atoms with Gasteiger partial charge in [-0.2, -0.15) is 0 Å². The molecule has 0 aliphatic carbocycles. The summed E-state index contributed by atoms with van der Waals surface area (Å²) in [7, 11) is 5.27. The van der Waals surface area contributed by atoms with Crippen molar-refractivity contribution in [3.63, 3.8) is 0 Å². The number of rotatable bonds is 5. The summed E-state index contributed by atoms with van der Waals surface area (Å²) in [5, 5.41) is 4.00. The maximum Gasteiger partial charge on any atom is 0.179 e. The Morgan fingerprint density at radius 3 is 2.43 bits per heavy atom. The van der Waals surface area contributed by atoms with Crippen LogP contribution < -0.4 is 14.8 Å². The lowest BCUT2D eigenvalue weighted by Crippen LogP contribution is -2.40. The van der Waals surface area contributed by atoms with Crippen molar-refractivity contribution in [3.8, 4) is 11.5 Å². The van der Waals surface area contributed by atoms with Crippen LogP contribution in [0.2, 0.25) is 5.02 Å². The second kappa shape index (κ2) is 8.69. The molecule has 0 saturated carbocycles. The Balaban J connectivity index is 0.00000220. The van der Waals surface area contributed by atoms with Crippen molar-refractivity contribution in [1.29, 1.82) is 0 Å². The molecular formula is C15H24Cl2N2O2. The second-order valence-electron chi connectivity index (χ2n) is 5.11. The Morgan fingerprint density at radius 2 is 1.90 bits per heavy atom. The molecule has 2 rings (SSSR count). The lowest BCUT2D eigenvalue weighted by atomic mass is 10.0. The summed E-state index contributed by atoms with van der Waals surface area (Å²) in [5.74, 6) is 1.30. The second-order valence-corrected chi connectivity index (χ2v) is 5.49. The highest BCUT2D eigenvalue weighted by Crippen LogP contribution is 2.37. The van der Waals surface area contributed by atoms with E-state index in [9.17, 15) is 0 Å². The normalized spacial score (nSPS) is 16.4. The van der Waals surface area contributed by atoms with E-state index in [1.807, 2.05) is 19.2 Å². The third kappa shape index (κ3) is 4.39. The van der Waals surface area contributed by atoms with Crippen molar-refractivity contribution in [3.05, 3.63) is 22.7 Å². The fraction of sp³-hybridized carbons (Fsp3) is 0.600. The zero-order valence-electron chi connectivity index (χ0n) is 12.8. The molecule has 0 aromatic heterocycles. The van der Waals surface area contributed by atoms with E-state index in [-0.39, 0.29) is 12.4 Å². The van der Waals surface area contributed by atoms with Gasteiger partial charge in [-0.1, -0.05) is 17.7 Å². The summed E-state index contributed by atoms with van der Waals surface area (Å²) < 4.78 is 10.6. The van der Waals surface area contributed by atoms with E-state index in [1.165, 1.54) is 12.8 Å². The number of likely N-dealkylation sites (tertiary alicyclic amines) is 1. The van der Waals surface area contributed by atoms with E-state index in [2.05, 4.69) is 10.2 Å². The standard InChI is InChI=1S/C15H23ClN2O2.ClH/c1-17-12-6-8-18(9-7-12)10-11-4-5-13(19-2)15(20-3)14(11)16;/h4-5,12,17H,6-10H2,1-3H3;1H. The summed E-state index contributed by atoms with van der Waals surface area (Å²) in [6.45, 7) is 3.04. The van der Waals surface area contributed by atoms with Gasteiger partial charge in [0.15, 0.2) is 11.5 Å². The van der Waals surface area contributed by atoms with Gasteiger partial charge in [-0.05, 0) is 44.6 Å². The molecule has 1 aromatic carbocycles. The molecule has 0 radical (unpaired) electrons. The Bertz CT molecular complexity index is 450. The number of nitrogens with one attached hydrogen (secondary N) is 1. The number of nitrogens with zero attached hydrogens (tertiary/aromatic N) is 1. The van der Waals surface area contributed by atoms with Gasteiger partial charge in [0.25, 0.3) is 0 Å². The fourth-order valence-corrected chi connectivity index (χ4v) is 2.97. The molecule has 1 aliphatic heterocycles. The first-order valence-electron chi connectivity index (χ1n) is 6.98. The topological polar surface area (TPSA) is 33.7 Å². The minimum absolute atomic E-state index is 0. The van der Waals surface area contributed by atoms with Crippen molar-refractivity contribution < 1.29 is 9.47 Å². The zero-order valence-corrected chi connectivity index (χ0v) is 14.4. The Kier molecular flexibility index (Phi) is 7.60. The largest absolute Gasteiger partial charge is 0.493 e. The minimum Gasteiger partial charge on any atom is -0.493 e. The van der Waals surface area contributed by atoms with Gasteiger partial charge >= 0.3 is 0 Å². The number of halogens is 2. The number of piperidine rings is 1. The van der Waals surface area contributed by atoms with Crippen LogP contribution in [0, 0.1) is 0 Å². The molecule has 1 aromatic rings. The zero-order chi connectivity index (χ0) is 14.5. The minimum atomic E-state index is 0. The van der Waals surface area contributed by atoms with E-state index < -0.39 is 0 Å². The Labute approximate surface area is 138 Å². The fourth-order valence-electron chi connectivity index (χ4n) is 2.67. The first-order valence-corrected chi connectivity index (χ1v) is 7.36. The van der Waals surface area contributed by atoms with Crippen molar-refractivity contribution in [2.75, 3.05) is 34.4 Å². The van der Waals surface area contributed by atoms with E-state index >= 15 is 0 Å². The van der Waals surface area contributed by atoms with Gasteiger partial charge in [-0.15, -0.1) is 12.4 Å². The molecule has 1 aliphatic rings. The number of ether oxygens (including phenoxy) is 2. The molecule has 120 valence electrons. The lowest BCUT2D eigenvalue weighted by Gasteiger charge is -2.32. The first kappa shape index (κ1) is 18.4. The predicted octanol–water partition coefficient (Wildman–Crippen LogP) is 2.96. The number of methoxy groups -OCH3 is 2. The van der Waals surface area contributed by atoms with Crippen molar-refractivity contribution in [1.82, 2.24) is 10.2 Å². The average Bonchev–Trinajstić information content (AvgIpc) is 2.49. The molecule has 1 N–H and O–H groups in total. The average molecular weight is 335 g/mol. The van der Waals surface area contributed by atoms with Crippen LogP contribution in [-0.2, 0) is 6.54 Å². The van der Waals surface area contributed by atoms with Gasteiger partial charge in [0.2, 0.25) is 0 Å². The highest BCUT2D eigenvalue weighted by Gasteiger charge is 2.20. The Morgan fingerprint density at radius 1 is 1.24 bits per heavy atom.